The van der Waals surface area contributed by atoms with Crippen molar-refractivity contribution in [1.29, 1.82) is 0 Å². The van der Waals surface area contributed by atoms with E-state index in [4.69, 9.17) is 5.73 Å². The van der Waals surface area contributed by atoms with Gasteiger partial charge in [0.15, 0.2) is 5.96 Å². The van der Waals surface area contributed by atoms with Crippen molar-refractivity contribution in [2.75, 3.05) is 19.6 Å². The summed E-state index contributed by atoms with van der Waals surface area (Å²) < 4.78 is 0. The quantitative estimate of drug-likeness (QED) is 0.577. The van der Waals surface area contributed by atoms with Gasteiger partial charge in [-0.1, -0.05) is 0 Å². The number of nitrogens with one attached hydrogen (secondary N) is 1. The van der Waals surface area contributed by atoms with E-state index in [1.54, 1.807) is 0 Å². The molecule has 0 aromatic heterocycles. The van der Waals surface area contributed by atoms with Crippen LogP contribution in [0.1, 0.15) is 40.5 Å². The normalized spacial score (nSPS) is 23.4. The van der Waals surface area contributed by atoms with Crippen LogP contribution in [-0.4, -0.2) is 42.6 Å². The van der Waals surface area contributed by atoms with E-state index in [1.807, 2.05) is 0 Å². The molecule has 0 aliphatic carbocycles. The lowest BCUT2D eigenvalue weighted by atomic mass is 9.97. The second-order valence-electron chi connectivity index (χ2n) is 5.62. The van der Waals surface area contributed by atoms with Crippen LogP contribution in [0.5, 0.6) is 0 Å². The van der Waals surface area contributed by atoms with Crippen molar-refractivity contribution >= 4 is 5.96 Å². The van der Waals surface area contributed by atoms with Gasteiger partial charge in [0.1, 0.15) is 0 Å². The summed E-state index contributed by atoms with van der Waals surface area (Å²) in [5, 5.41) is 3.13. The Hall–Kier alpha value is -0.770. The molecule has 0 bridgehead atoms. The molecule has 4 heteroatoms. The fourth-order valence-electron chi connectivity index (χ4n) is 2.28. The molecule has 0 aromatic carbocycles. The lowest BCUT2D eigenvalue weighted by molar-refractivity contribution is 0.143. The fourth-order valence-corrected chi connectivity index (χ4v) is 2.28. The second kappa shape index (κ2) is 6.84. The van der Waals surface area contributed by atoms with Gasteiger partial charge >= 0.3 is 0 Å². The van der Waals surface area contributed by atoms with Gasteiger partial charge in [-0.25, -0.2) is 0 Å². The number of guanidine groups is 1. The Bertz CT molecular complexity index is 248. The molecule has 1 rings (SSSR count). The number of hydrogen-bond acceptors (Lipinski definition) is 2. The number of rotatable bonds is 4. The zero-order valence-electron chi connectivity index (χ0n) is 11.7. The number of aliphatic imine (C=N–C) groups is 1. The molecule has 0 radical (unpaired) electrons. The van der Waals surface area contributed by atoms with E-state index in [0.29, 0.717) is 24.0 Å². The first-order valence-electron chi connectivity index (χ1n) is 6.79. The van der Waals surface area contributed by atoms with Crippen LogP contribution < -0.4 is 11.1 Å². The average Bonchev–Trinajstić information content (AvgIpc) is 2.26. The summed E-state index contributed by atoms with van der Waals surface area (Å²) in [6, 6.07) is 1.00. The summed E-state index contributed by atoms with van der Waals surface area (Å²) in [5.41, 5.74) is 5.81. The summed E-state index contributed by atoms with van der Waals surface area (Å²) in [6.45, 7) is 11.9. The largest absolute Gasteiger partial charge is 0.370 e. The highest BCUT2D eigenvalue weighted by atomic mass is 15.2. The third kappa shape index (κ3) is 5.39. The fraction of sp³-hybridized carbons (Fsp3) is 0.923. The number of piperidine rings is 1. The van der Waals surface area contributed by atoms with E-state index >= 15 is 0 Å². The summed E-state index contributed by atoms with van der Waals surface area (Å²) in [7, 11) is 0. The van der Waals surface area contributed by atoms with Gasteiger partial charge in [0.25, 0.3) is 0 Å². The van der Waals surface area contributed by atoms with Crippen molar-refractivity contribution in [3.8, 4) is 0 Å². The predicted octanol–water partition coefficient (Wildman–Crippen LogP) is 1.42. The molecule has 17 heavy (non-hydrogen) atoms. The molecule has 100 valence electrons. The molecule has 1 aliphatic rings. The van der Waals surface area contributed by atoms with Crippen LogP contribution in [0, 0.1) is 5.92 Å². The highest BCUT2D eigenvalue weighted by Gasteiger charge is 2.21. The number of nitrogens with two attached hydrogens (primary N) is 1. The minimum absolute atomic E-state index is 0.359. The standard InChI is InChI=1S/C13H28N4/c1-10(2)16-13(14)15-8-12-6-5-7-17(9-12)11(3)4/h10-12H,5-9H2,1-4H3,(H3,14,15,16). The maximum Gasteiger partial charge on any atom is 0.188 e. The summed E-state index contributed by atoms with van der Waals surface area (Å²) in [6.07, 6.45) is 2.57. The maximum absolute atomic E-state index is 5.81. The molecular weight excluding hydrogens is 212 g/mol. The van der Waals surface area contributed by atoms with E-state index < -0.39 is 0 Å². The van der Waals surface area contributed by atoms with Crippen molar-refractivity contribution in [2.45, 2.75) is 52.6 Å². The van der Waals surface area contributed by atoms with Crippen LogP contribution in [0.15, 0.2) is 4.99 Å². The molecule has 1 fully saturated rings. The molecule has 0 amide bonds. The Kier molecular flexibility index (Phi) is 5.75. The smallest absolute Gasteiger partial charge is 0.188 e. The van der Waals surface area contributed by atoms with Crippen LogP contribution in [0.4, 0.5) is 0 Å². The molecule has 0 aromatic rings. The van der Waals surface area contributed by atoms with Gasteiger partial charge in [-0.2, -0.15) is 0 Å². The molecule has 1 aliphatic heterocycles. The Morgan fingerprint density at radius 1 is 1.41 bits per heavy atom. The van der Waals surface area contributed by atoms with Crippen molar-refractivity contribution in [2.24, 2.45) is 16.6 Å². The van der Waals surface area contributed by atoms with Crippen molar-refractivity contribution in [1.82, 2.24) is 10.2 Å². The van der Waals surface area contributed by atoms with Crippen molar-refractivity contribution < 1.29 is 0 Å². The van der Waals surface area contributed by atoms with E-state index in [2.05, 4.69) is 42.9 Å². The Morgan fingerprint density at radius 3 is 2.71 bits per heavy atom. The summed E-state index contributed by atoms with van der Waals surface area (Å²) >= 11 is 0. The van der Waals surface area contributed by atoms with E-state index in [1.165, 1.54) is 19.4 Å². The van der Waals surface area contributed by atoms with Crippen molar-refractivity contribution in [3.05, 3.63) is 0 Å². The van der Waals surface area contributed by atoms with Gasteiger partial charge in [0, 0.05) is 25.2 Å². The van der Waals surface area contributed by atoms with Gasteiger partial charge in [-0.15, -0.1) is 0 Å². The zero-order valence-corrected chi connectivity index (χ0v) is 11.7. The van der Waals surface area contributed by atoms with Crippen LogP contribution in [0.3, 0.4) is 0 Å². The first-order chi connectivity index (χ1) is 7.99. The highest BCUT2D eigenvalue weighted by Crippen LogP contribution is 2.18. The molecule has 4 nitrogen and oxygen atoms in total. The summed E-state index contributed by atoms with van der Waals surface area (Å²) in [5.74, 6) is 1.25. The molecule has 1 atom stereocenters. The first-order valence-corrected chi connectivity index (χ1v) is 6.79. The van der Waals surface area contributed by atoms with Crippen LogP contribution in [0.25, 0.3) is 0 Å². The second-order valence-corrected chi connectivity index (χ2v) is 5.62. The van der Waals surface area contributed by atoms with Gasteiger partial charge in [0.2, 0.25) is 0 Å². The number of likely N-dealkylation sites (tertiary alicyclic amines) is 1. The van der Waals surface area contributed by atoms with Gasteiger partial charge < -0.3 is 16.0 Å². The highest BCUT2D eigenvalue weighted by molar-refractivity contribution is 5.78. The lowest BCUT2D eigenvalue weighted by Crippen LogP contribution is -2.41. The molecule has 0 spiro atoms. The monoisotopic (exact) mass is 240 g/mol. The Balaban J connectivity index is 2.36. The van der Waals surface area contributed by atoms with Gasteiger partial charge in [-0.05, 0) is 53.0 Å². The van der Waals surface area contributed by atoms with Crippen molar-refractivity contribution in [3.63, 3.8) is 0 Å². The molecule has 1 heterocycles. The van der Waals surface area contributed by atoms with Gasteiger partial charge in [0.05, 0.1) is 0 Å². The van der Waals surface area contributed by atoms with Crippen LogP contribution >= 0.6 is 0 Å². The molecular formula is C13H28N4. The molecule has 1 saturated heterocycles. The predicted molar refractivity (Wildman–Crippen MR) is 74.2 cm³/mol. The Labute approximate surface area is 106 Å². The number of hydrogen-bond donors (Lipinski definition) is 2. The summed E-state index contributed by atoms with van der Waals surface area (Å²) in [4.78, 5) is 6.98. The zero-order chi connectivity index (χ0) is 12.8. The topological polar surface area (TPSA) is 53.6 Å². The van der Waals surface area contributed by atoms with Crippen LogP contribution in [0.2, 0.25) is 0 Å². The minimum atomic E-state index is 0.359. The third-order valence-electron chi connectivity index (χ3n) is 3.24. The lowest BCUT2D eigenvalue weighted by Gasteiger charge is -2.34. The van der Waals surface area contributed by atoms with Crippen LogP contribution in [-0.2, 0) is 0 Å². The first kappa shape index (κ1) is 14.3. The SMILES string of the molecule is CC(C)NC(N)=NCC1CCCN(C(C)C)C1. The third-order valence-corrected chi connectivity index (χ3v) is 3.24. The minimum Gasteiger partial charge on any atom is -0.370 e. The average molecular weight is 240 g/mol. The molecule has 1 unspecified atom stereocenters. The van der Waals surface area contributed by atoms with E-state index in [0.717, 1.165) is 13.1 Å². The molecule has 0 saturated carbocycles. The number of nitrogens with zero attached hydrogens (tertiary/aromatic N) is 2. The molecule has 3 N–H and O–H groups in total. The van der Waals surface area contributed by atoms with E-state index in [9.17, 15) is 0 Å². The van der Waals surface area contributed by atoms with Gasteiger partial charge in [-0.3, -0.25) is 4.99 Å². The maximum atomic E-state index is 5.81. The Morgan fingerprint density at radius 2 is 2.12 bits per heavy atom. The van der Waals surface area contributed by atoms with E-state index in [-0.39, 0.29) is 0 Å².